The van der Waals surface area contributed by atoms with E-state index in [1.807, 2.05) is 32.9 Å². The smallest absolute Gasteiger partial charge is 0.255 e. The Morgan fingerprint density at radius 3 is 1.83 bits per heavy atom. The molecule has 0 atom stereocenters. The molecule has 0 aliphatic carbocycles. The van der Waals surface area contributed by atoms with E-state index in [1.165, 1.54) is 6.92 Å². The molecule has 2 N–H and O–H groups in total. The van der Waals surface area contributed by atoms with Crippen molar-refractivity contribution in [3.8, 4) is 5.75 Å². The highest BCUT2D eigenvalue weighted by atomic mass is 16.5. The predicted octanol–water partition coefficient (Wildman–Crippen LogP) is 4.07. The van der Waals surface area contributed by atoms with Gasteiger partial charge in [-0.3, -0.25) is 9.59 Å². The lowest BCUT2D eigenvalue weighted by molar-refractivity contribution is -0.114. The number of carbonyl (C=O) groups is 2. The Bertz CT molecular complexity index is 714. The SMILES string of the molecule is CC(=O)Nc1ccc(C(=O)Nc2ccc(OC(C)(C)C)cc2)cc1. The fourth-order valence-electron chi connectivity index (χ4n) is 2.07. The van der Waals surface area contributed by atoms with Gasteiger partial charge in [0, 0.05) is 23.9 Å². The summed E-state index contributed by atoms with van der Waals surface area (Å²) >= 11 is 0. The number of benzene rings is 2. The molecule has 0 spiro atoms. The molecular weight excluding hydrogens is 304 g/mol. The van der Waals surface area contributed by atoms with E-state index in [0.29, 0.717) is 16.9 Å². The summed E-state index contributed by atoms with van der Waals surface area (Å²) in [5.41, 5.74) is 1.59. The minimum atomic E-state index is -0.263. The van der Waals surface area contributed by atoms with Gasteiger partial charge in [0.25, 0.3) is 5.91 Å². The van der Waals surface area contributed by atoms with E-state index >= 15 is 0 Å². The summed E-state index contributed by atoms with van der Waals surface area (Å²) in [7, 11) is 0. The van der Waals surface area contributed by atoms with E-state index in [0.717, 1.165) is 5.75 Å². The Balaban J connectivity index is 2.00. The number of hydrogen-bond donors (Lipinski definition) is 2. The molecule has 126 valence electrons. The van der Waals surface area contributed by atoms with Crippen LogP contribution in [0.4, 0.5) is 11.4 Å². The highest BCUT2D eigenvalue weighted by molar-refractivity contribution is 6.04. The van der Waals surface area contributed by atoms with E-state index in [1.54, 1.807) is 36.4 Å². The minimum Gasteiger partial charge on any atom is -0.488 e. The number of hydrogen-bond acceptors (Lipinski definition) is 3. The third-order valence-corrected chi connectivity index (χ3v) is 3.00. The lowest BCUT2D eigenvalue weighted by Gasteiger charge is -2.21. The van der Waals surface area contributed by atoms with Gasteiger partial charge >= 0.3 is 0 Å². The summed E-state index contributed by atoms with van der Waals surface area (Å²) in [6.07, 6.45) is 0. The Morgan fingerprint density at radius 2 is 1.33 bits per heavy atom. The summed E-state index contributed by atoms with van der Waals surface area (Å²) in [4.78, 5) is 23.2. The van der Waals surface area contributed by atoms with E-state index in [4.69, 9.17) is 4.74 Å². The van der Waals surface area contributed by atoms with Crippen molar-refractivity contribution >= 4 is 23.2 Å². The second kappa shape index (κ2) is 7.17. The van der Waals surface area contributed by atoms with Crippen LogP contribution in [0.15, 0.2) is 48.5 Å². The molecule has 0 fully saturated rings. The molecule has 0 saturated heterocycles. The van der Waals surface area contributed by atoms with Crippen LogP contribution in [-0.4, -0.2) is 17.4 Å². The Hall–Kier alpha value is -2.82. The summed E-state index contributed by atoms with van der Waals surface area (Å²) < 4.78 is 5.74. The second-order valence-corrected chi connectivity index (χ2v) is 6.45. The molecule has 5 heteroatoms. The Morgan fingerprint density at radius 1 is 0.833 bits per heavy atom. The van der Waals surface area contributed by atoms with Crippen LogP contribution >= 0.6 is 0 Å². The first-order chi connectivity index (χ1) is 11.2. The molecular formula is C19H22N2O3. The monoisotopic (exact) mass is 326 g/mol. The van der Waals surface area contributed by atoms with Crippen LogP contribution < -0.4 is 15.4 Å². The van der Waals surface area contributed by atoms with Crippen molar-refractivity contribution in [3.05, 3.63) is 54.1 Å². The van der Waals surface area contributed by atoms with Crippen molar-refractivity contribution in [2.75, 3.05) is 10.6 Å². The van der Waals surface area contributed by atoms with Crippen molar-refractivity contribution in [2.45, 2.75) is 33.3 Å². The van der Waals surface area contributed by atoms with Gasteiger partial charge in [-0.15, -0.1) is 0 Å². The highest BCUT2D eigenvalue weighted by Crippen LogP contribution is 2.21. The van der Waals surface area contributed by atoms with Crippen molar-refractivity contribution < 1.29 is 14.3 Å². The largest absolute Gasteiger partial charge is 0.488 e. The van der Waals surface area contributed by atoms with Crippen molar-refractivity contribution in [1.29, 1.82) is 0 Å². The third kappa shape index (κ3) is 5.43. The molecule has 24 heavy (non-hydrogen) atoms. The van der Waals surface area contributed by atoms with E-state index in [9.17, 15) is 9.59 Å². The van der Waals surface area contributed by atoms with Gasteiger partial charge in [-0.1, -0.05) is 0 Å². The maximum atomic E-state index is 12.2. The zero-order valence-corrected chi connectivity index (χ0v) is 14.3. The van der Waals surface area contributed by atoms with Gasteiger partial charge in [0.1, 0.15) is 11.4 Å². The topological polar surface area (TPSA) is 67.4 Å². The average molecular weight is 326 g/mol. The van der Waals surface area contributed by atoms with Gasteiger partial charge in [-0.05, 0) is 69.3 Å². The van der Waals surface area contributed by atoms with Gasteiger partial charge in [0.15, 0.2) is 0 Å². The van der Waals surface area contributed by atoms with Crippen LogP contribution in [0, 0.1) is 0 Å². The molecule has 5 nitrogen and oxygen atoms in total. The van der Waals surface area contributed by atoms with Crippen LogP contribution in [0.1, 0.15) is 38.1 Å². The van der Waals surface area contributed by atoms with E-state index in [-0.39, 0.29) is 17.4 Å². The van der Waals surface area contributed by atoms with Gasteiger partial charge in [0.05, 0.1) is 0 Å². The van der Waals surface area contributed by atoms with Crippen LogP contribution in [0.3, 0.4) is 0 Å². The molecule has 0 aliphatic heterocycles. The lowest BCUT2D eigenvalue weighted by Crippen LogP contribution is -2.22. The Labute approximate surface area is 142 Å². The normalized spacial score (nSPS) is 10.8. The predicted molar refractivity (Wildman–Crippen MR) is 95.5 cm³/mol. The first-order valence-electron chi connectivity index (χ1n) is 7.71. The number of anilines is 2. The lowest BCUT2D eigenvalue weighted by atomic mass is 10.1. The summed E-state index contributed by atoms with van der Waals surface area (Å²) in [5, 5.41) is 5.49. The Kier molecular flexibility index (Phi) is 5.24. The standard InChI is InChI=1S/C19H22N2O3/c1-13(22)20-15-7-5-14(6-8-15)18(23)21-16-9-11-17(12-10-16)24-19(2,3)4/h5-12H,1-4H3,(H,20,22)(H,21,23). The zero-order chi connectivity index (χ0) is 17.7. The average Bonchev–Trinajstić information content (AvgIpc) is 2.48. The summed E-state index contributed by atoms with van der Waals surface area (Å²) in [5.74, 6) is 0.388. The quantitative estimate of drug-likeness (QED) is 0.890. The molecule has 0 aromatic heterocycles. The van der Waals surface area contributed by atoms with Crippen LogP contribution in [0.25, 0.3) is 0 Å². The van der Waals surface area contributed by atoms with Gasteiger partial charge in [-0.2, -0.15) is 0 Å². The first kappa shape index (κ1) is 17.5. The number of rotatable bonds is 4. The molecule has 2 amide bonds. The van der Waals surface area contributed by atoms with Crippen LogP contribution in [-0.2, 0) is 4.79 Å². The fraction of sp³-hybridized carbons (Fsp3) is 0.263. The molecule has 2 rings (SSSR count). The summed E-state index contributed by atoms with van der Waals surface area (Å²) in [6, 6.07) is 13.9. The molecule has 2 aromatic carbocycles. The zero-order valence-electron chi connectivity index (χ0n) is 14.3. The third-order valence-electron chi connectivity index (χ3n) is 3.00. The molecule has 0 heterocycles. The van der Waals surface area contributed by atoms with E-state index < -0.39 is 0 Å². The van der Waals surface area contributed by atoms with Gasteiger partial charge < -0.3 is 15.4 Å². The number of ether oxygens (including phenoxy) is 1. The van der Waals surface area contributed by atoms with Gasteiger partial charge in [0.2, 0.25) is 5.91 Å². The van der Waals surface area contributed by atoms with Crippen molar-refractivity contribution in [3.63, 3.8) is 0 Å². The maximum absolute atomic E-state index is 12.2. The van der Waals surface area contributed by atoms with Gasteiger partial charge in [-0.25, -0.2) is 0 Å². The number of amides is 2. The van der Waals surface area contributed by atoms with Crippen molar-refractivity contribution in [1.82, 2.24) is 0 Å². The number of carbonyl (C=O) groups excluding carboxylic acids is 2. The molecule has 0 aliphatic rings. The highest BCUT2D eigenvalue weighted by Gasteiger charge is 2.12. The second-order valence-electron chi connectivity index (χ2n) is 6.45. The first-order valence-corrected chi connectivity index (χ1v) is 7.71. The maximum Gasteiger partial charge on any atom is 0.255 e. The molecule has 0 radical (unpaired) electrons. The number of nitrogens with one attached hydrogen (secondary N) is 2. The molecule has 0 saturated carbocycles. The fourth-order valence-corrected chi connectivity index (χ4v) is 2.07. The minimum absolute atomic E-state index is 0.148. The van der Waals surface area contributed by atoms with Crippen LogP contribution in [0.2, 0.25) is 0 Å². The van der Waals surface area contributed by atoms with E-state index in [2.05, 4.69) is 10.6 Å². The molecule has 0 bridgehead atoms. The summed E-state index contributed by atoms with van der Waals surface area (Å²) in [6.45, 7) is 7.38. The molecule has 2 aromatic rings. The molecule has 0 unspecified atom stereocenters. The van der Waals surface area contributed by atoms with Crippen LogP contribution in [0.5, 0.6) is 5.75 Å². The van der Waals surface area contributed by atoms with Crippen molar-refractivity contribution in [2.24, 2.45) is 0 Å².